The number of hydrogen-bond donors (Lipinski definition) is 10. The number of carboxylic acid groups (broad SMARTS) is 1. The molecule has 9 unspecified atom stereocenters. The number of phenolic OH excluding ortho intramolecular Hbond substituents is 2. The number of carboxylic acids is 1. The third-order valence-electron chi connectivity index (χ3n) is 14.0. The molecule has 9 atom stereocenters. The highest BCUT2D eigenvalue weighted by molar-refractivity contribution is 5.83. The number of benzene rings is 2. The van der Waals surface area contributed by atoms with E-state index >= 15 is 0 Å². The molecule has 0 radical (unpaired) electrons. The summed E-state index contributed by atoms with van der Waals surface area (Å²) in [5.74, 6) is -1.49. The van der Waals surface area contributed by atoms with Gasteiger partial charge in [-0.05, 0) is 118 Å². The summed E-state index contributed by atoms with van der Waals surface area (Å²) in [6.45, 7) is 3.24. The van der Waals surface area contributed by atoms with Crippen LogP contribution in [0.15, 0.2) is 90.3 Å². The van der Waals surface area contributed by atoms with Crippen LogP contribution in [-0.2, 0) is 11.2 Å². The number of allylic oxidation sites excluding steroid dienone is 3. The fraction of sp³-hybridized carbons (Fsp3) is 0.549. The van der Waals surface area contributed by atoms with Gasteiger partial charge in [-0.3, -0.25) is 4.79 Å². The molecule has 3 aromatic rings. The molecule has 0 amide bonds. The van der Waals surface area contributed by atoms with Gasteiger partial charge in [0, 0.05) is 47.8 Å². The number of aliphatic hydroxyl groups excluding tert-OH is 2. The molecular weight excluding hydrogens is 781 g/mol. The van der Waals surface area contributed by atoms with Crippen molar-refractivity contribution in [3.05, 3.63) is 96.0 Å². The first-order valence-electron chi connectivity index (χ1n) is 23.2. The van der Waals surface area contributed by atoms with E-state index in [0.29, 0.717) is 62.5 Å². The number of H-pyrrole nitrogens is 1. The second kappa shape index (κ2) is 22.2. The Morgan fingerprint density at radius 2 is 1.71 bits per heavy atom. The largest absolute Gasteiger partial charge is 0.508 e. The maximum atomic E-state index is 13.1. The van der Waals surface area contributed by atoms with Crippen LogP contribution in [0.25, 0.3) is 22.4 Å². The highest BCUT2D eigenvalue weighted by Gasteiger charge is 2.51. The summed E-state index contributed by atoms with van der Waals surface area (Å²) < 4.78 is 0. The maximum Gasteiger partial charge on any atom is 0.309 e. The van der Waals surface area contributed by atoms with Crippen molar-refractivity contribution in [2.24, 2.45) is 41.2 Å². The SMILES string of the molecule is CCCCCC1C=CC(CCCCCC(C(=O)O)C(O)CC(CNC)C2(O)CC(CC3=CCNC(N)=C3)CC2Cc2cc(-c3ccccc3)c(-c3cc(O)cc(O)c3)[nH]2)C(O)C1. The van der Waals surface area contributed by atoms with E-state index in [2.05, 4.69) is 46.8 Å². The minimum absolute atomic E-state index is 0.0546. The van der Waals surface area contributed by atoms with Crippen LogP contribution in [0.4, 0.5) is 0 Å². The molecule has 338 valence electrons. The molecule has 1 aliphatic heterocycles. The van der Waals surface area contributed by atoms with Gasteiger partial charge in [-0.25, -0.2) is 0 Å². The number of aliphatic carboxylic acids is 1. The lowest BCUT2D eigenvalue weighted by Crippen LogP contribution is -2.48. The first-order valence-corrected chi connectivity index (χ1v) is 23.2. The topological polar surface area (TPSA) is 204 Å². The van der Waals surface area contributed by atoms with E-state index in [1.165, 1.54) is 25.3 Å². The molecule has 3 aliphatic rings. The number of aliphatic hydroxyl groups is 3. The molecule has 11 N–H and O–H groups in total. The van der Waals surface area contributed by atoms with Crippen LogP contribution in [0.3, 0.4) is 0 Å². The quantitative estimate of drug-likeness (QED) is 0.0328. The maximum absolute atomic E-state index is 13.1. The molecule has 62 heavy (non-hydrogen) atoms. The Hall–Kier alpha value is -4.55. The highest BCUT2D eigenvalue weighted by atomic mass is 16.4. The summed E-state index contributed by atoms with van der Waals surface area (Å²) in [7, 11) is 1.82. The summed E-state index contributed by atoms with van der Waals surface area (Å²) in [4.78, 5) is 16.3. The average Bonchev–Trinajstić information content (AvgIpc) is 3.80. The van der Waals surface area contributed by atoms with Gasteiger partial charge in [-0.2, -0.15) is 0 Å². The summed E-state index contributed by atoms with van der Waals surface area (Å²) in [5, 5.41) is 73.4. The van der Waals surface area contributed by atoms with Gasteiger partial charge in [0.25, 0.3) is 0 Å². The number of hydrogen-bond acceptors (Lipinski definition) is 9. The number of nitrogens with one attached hydrogen (secondary N) is 3. The zero-order chi connectivity index (χ0) is 44.2. The molecule has 0 spiro atoms. The molecule has 6 rings (SSSR count). The minimum Gasteiger partial charge on any atom is -0.508 e. The lowest BCUT2D eigenvalue weighted by atomic mass is 9.73. The molecule has 1 saturated carbocycles. The molecule has 2 aliphatic carbocycles. The molecule has 2 aromatic carbocycles. The highest BCUT2D eigenvalue weighted by Crippen LogP contribution is 2.50. The average molecular weight is 853 g/mol. The summed E-state index contributed by atoms with van der Waals surface area (Å²) in [5.41, 5.74) is 10.1. The standard InChI is InChI=1S/C51H72N4O7/c1-3-4-7-12-33-17-18-37(46(58)23-33)15-10-6-11-16-44(50(60)61)47(59)28-40(32-53-2)51(62)31-35(21-34-19-20-54-48(52)24-34)22-39(51)27-41-29-45(36-13-8-5-9-14-36)49(55-41)38-25-42(56)30-43(57)26-38/h5,8-9,13-14,17-19,24-26,29-30,33,35,37,39-40,44,46-47,53-59,62H,3-4,6-7,10-12,15-16,20-23,27-28,31-32,52H2,1-2H3,(H,60,61). The second-order valence-electron chi connectivity index (χ2n) is 18.6. The van der Waals surface area contributed by atoms with Gasteiger partial charge in [-0.1, -0.05) is 94.0 Å². The Bertz CT molecular complexity index is 1970. The fourth-order valence-electron chi connectivity index (χ4n) is 10.7. The van der Waals surface area contributed by atoms with Crippen molar-refractivity contribution in [1.82, 2.24) is 15.6 Å². The van der Waals surface area contributed by atoms with Gasteiger partial charge in [0.15, 0.2) is 0 Å². The number of unbranched alkanes of at least 4 members (excludes halogenated alkanes) is 4. The van der Waals surface area contributed by atoms with Crippen molar-refractivity contribution in [3.8, 4) is 33.9 Å². The molecule has 0 bridgehead atoms. The number of aromatic nitrogens is 1. The van der Waals surface area contributed by atoms with Crippen molar-refractivity contribution in [2.75, 3.05) is 20.1 Å². The van der Waals surface area contributed by atoms with E-state index in [1.54, 1.807) is 12.1 Å². The van der Waals surface area contributed by atoms with Crippen LogP contribution in [0, 0.1) is 35.5 Å². The van der Waals surface area contributed by atoms with Crippen LogP contribution in [0.2, 0.25) is 0 Å². The zero-order valence-electron chi connectivity index (χ0n) is 36.8. The van der Waals surface area contributed by atoms with E-state index in [1.807, 2.05) is 43.5 Å². The van der Waals surface area contributed by atoms with Crippen molar-refractivity contribution >= 4 is 5.97 Å². The second-order valence-corrected chi connectivity index (χ2v) is 18.6. The van der Waals surface area contributed by atoms with Crippen LogP contribution >= 0.6 is 0 Å². The third-order valence-corrected chi connectivity index (χ3v) is 14.0. The van der Waals surface area contributed by atoms with E-state index in [0.717, 1.165) is 66.6 Å². The molecule has 11 nitrogen and oxygen atoms in total. The third kappa shape index (κ3) is 12.3. The smallest absolute Gasteiger partial charge is 0.309 e. The Kier molecular flexibility index (Phi) is 16.8. The Labute approximate surface area is 368 Å². The van der Waals surface area contributed by atoms with Gasteiger partial charge in [0.05, 0.1) is 35.2 Å². The number of aromatic hydroxyl groups is 2. The lowest BCUT2D eigenvalue weighted by molar-refractivity contribution is -0.148. The van der Waals surface area contributed by atoms with Crippen LogP contribution < -0.4 is 16.4 Å². The van der Waals surface area contributed by atoms with E-state index < -0.39 is 29.5 Å². The van der Waals surface area contributed by atoms with Gasteiger partial charge >= 0.3 is 5.97 Å². The first kappa shape index (κ1) is 46.9. The number of carbonyl (C=O) groups is 1. The van der Waals surface area contributed by atoms with E-state index in [9.17, 15) is 35.4 Å². The lowest BCUT2D eigenvalue weighted by Gasteiger charge is -2.40. The fourth-order valence-corrected chi connectivity index (χ4v) is 10.7. The molecule has 1 aromatic heterocycles. The molecular formula is C51H72N4O7. The molecule has 1 fully saturated rings. The summed E-state index contributed by atoms with van der Waals surface area (Å²) >= 11 is 0. The zero-order valence-corrected chi connectivity index (χ0v) is 36.8. The number of phenols is 2. The minimum atomic E-state index is -1.24. The van der Waals surface area contributed by atoms with Gasteiger partial charge in [-0.15, -0.1) is 0 Å². The Morgan fingerprint density at radius 1 is 0.952 bits per heavy atom. The predicted molar refractivity (Wildman–Crippen MR) is 246 cm³/mol. The molecule has 0 saturated heterocycles. The van der Waals surface area contributed by atoms with Crippen molar-refractivity contribution in [2.45, 2.75) is 121 Å². The predicted octanol–water partition coefficient (Wildman–Crippen LogP) is 8.15. The number of nitrogens with two attached hydrogens (primary N) is 1. The summed E-state index contributed by atoms with van der Waals surface area (Å²) in [6, 6.07) is 16.5. The monoisotopic (exact) mass is 853 g/mol. The van der Waals surface area contributed by atoms with Crippen LogP contribution in [-0.4, -0.2) is 79.5 Å². The summed E-state index contributed by atoms with van der Waals surface area (Å²) in [6.07, 6.45) is 18.7. The molecule has 2 heterocycles. The van der Waals surface area contributed by atoms with E-state index in [-0.39, 0.29) is 41.8 Å². The Balaban J connectivity index is 1.18. The number of dihydropyridines is 1. The first-order chi connectivity index (χ1) is 29.9. The van der Waals surface area contributed by atoms with Gasteiger partial charge in [0.2, 0.25) is 0 Å². The van der Waals surface area contributed by atoms with Crippen molar-refractivity contribution < 1.29 is 35.4 Å². The van der Waals surface area contributed by atoms with Crippen LogP contribution in [0.5, 0.6) is 11.5 Å². The van der Waals surface area contributed by atoms with Gasteiger partial charge in [0.1, 0.15) is 11.5 Å². The van der Waals surface area contributed by atoms with Crippen LogP contribution in [0.1, 0.15) is 103 Å². The van der Waals surface area contributed by atoms with Gasteiger partial charge < -0.3 is 52.0 Å². The number of aromatic amines is 1. The van der Waals surface area contributed by atoms with Crippen molar-refractivity contribution in [3.63, 3.8) is 0 Å². The Morgan fingerprint density at radius 3 is 2.40 bits per heavy atom. The normalized spacial score (nSPS) is 25.1. The number of rotatable bonds is 23. The van der Waals surface area contributed by atoms with E-state index in [4.69, 9.17) is 5.73 Å². The molecule has 11 heteroatoms. The van der Waals surface area contributed by atoms with Crippen molar-refractivity contribution in [1.29, 1.82) is 0 Å².